The fourth-order valence-electron chi connectivity index (χ4n) is 4.15. The van der Waals surface area contributed by atoms with Crippen molar-refractivity contribution in [3.05, 3.63) is 110 Å². The van der Waals surface area contributed by atoms with Crippen molar-refractivity contribution in [2.75, 3.05) is 11.9 Å². The van der Waals surface area contributed by atoms with Crippen LogP contribution >= 0.6 is 0 Å². The van der Waals surface area contributed by atoms with Crippen LogP contribution in [0.15, 0.2) is 91.4 Å². The largest absolute Gasteiger partial charge is 0.518 e. The van der Waals surface area contributed by atoms with Crippen LogP contribution in [0.3, 0.4) is 0 Å². The van der Waals surface area contributed by atoms with E-state index in [1.54, 1.807) is 6.20 Å². The van der Waals surface area contributed by atoms with Gasteiger partial charge in [0.15, 0.2) is 6.71 Å². The van der Waals surface area contributed by atoms with Crippen LogP contribution in [0.4, 0.5) is 5.69 Å². The molecule has 0 atom stereocenters. The Hall–Kier alpha value is -3.50. The third-order valence-electron chi connectivity index (χ3n) is 5.66. The molecule has 0 bridgehead atoms. The molecule has 0 amide bonds. The summed E-state index contributed by atoms with van der Waals surface area (Å²) >= 11 is 0. The maximum Gasteiger partial charge on any atom is 0.216 e. The van der Waals surface area contributed by atoms with Crippen molar-refractivity contribution in [1.82, 2.24) is 9.88 Å². The molecule has 6 rings (SSSR count). The van der Waals surface area contributed by atoms with Crippen molar-refractivity contribution in [2.24, 2.45) is 0 Å². The summed E-state index contributed by atoms with van der Waals surface area (Å²) in [5, 5.41) is 0. The molecule has 3 aromatic carbocycles. The minimum atomic E-state index is -0.0958. The standard InChI is InChI=1S/C27H19BN3O2.Pt/c1-30-15-16-31(19-30)21-12-13-26-24(18-21)28(23-9-2-3-10-25(23)33-26)20-7-6-8-22(17-20)32-27-11-4-5-14-29-27;/h2-16,19H,1H3;/q-3;. The van der Waals surface area contributed by atoms with Gasteiger partial charge in [-0.2, -0.15) is 30.3 Å². The molecule has 2 aliphatic rings. The third-order valence-corrected chi connectivity index (χ3v) is 5.66. The number of rotatable bonds is 4. The van der Waals surface area contributed by atoms with Gasteiger partial charge in [-0.25, -0.2) is 4.98 Å². The molecule has 2 aliphatic heterocycles. The first kappa shape index (κ1) is 22.3. The van der Waals surface area contributed by atoms with Gasteiger partial charge >= 0.3 is 0 Å². The summed E-state index contributed by atoms with van der Waals surface area (Å²) in [5.74, 6) is 2.79. The summed E-state index contributed by atoms with van der Waals surface area (Å²) in [5.41, 5.74) is 3.96. The van der Waals surface area contributed by atoms with E-state index in [0.29, 0.717) is 11.6 Å². The molecule has 0 unspecified atom stereocenters. The third kappa shape index (κ3) is 4.22. The van der Waals surface area contributed by atoms with E-state index >= 15 is 0 Å². The van der Waals surface area contributed by atoms with Crippen LogP contribution in [-0.4, -0.2) is 23.6 Å². The summed E-state index contributed by atoms with van der Waals surface area (Å²) in [6.45, 7) is 1.92. The van der Waals surface area contributed by atoms with Gasteiger partial charge < -0.3 is 19.3 Å². The summed E-state index contributed by atoms with van der Waals surface area (Å²) in [4.78, 5) is 8.31. The first-order chi connectivity index (χ1) is 16.2. The van der Waals surface area contributed by atoms with Crippen LogP contribution < -0.4 is 30.8 Å². The predicted octanol–water partition coefficient (Wildman–Crippen LogP) is 3.44. The van der Waals surface area contributed by atoms with E-state index in [0.717, 1.165) is 33.6 Å². The number of pyridine rings is 1. The average molecular weight is 623 g/mol. The Morgan fingerprint density at radius 1 is 0.912 bits per heavy atom. The Balaban J connectivity index is 0.00000241. The Kier molecular flexibility index (Phi) is 6.16. The molecule has 34 heavy (non-hydrogen) atoms. The van der Waals surface area contributed by atoms with E-state index < -0.39 is 0 Å². The van der Waals surface area contributed by atoms with Crippen LogP contribution in [-0.2, 0) is 21.1 Å². The smallest absolute Gasteiger partial charge is 0.216 e. The Morgan fingerprint density at radius 2 is 1.79 bits per heavy atom. The van der Waals surface area contributed by atoms with E-state index in [1.165, 1.54) is 0 Å². The average Bonchev–Trinajstić information content (AvgIpc) is 3.29. The van der Waals surface area contributed by atoms with Crippen molar-refractivity contribution in [3.63, 3.8) is 0 Å². The topological polar surface area (TPSA) is 37.8 Å². The number of hydrogen-bond donors (Lipinski definition) is 0. The van der Waals surface area contributed by atoms with Gasteiger partial charge in [-0.3, -0.25) is 0 Å². The van der Waals surface area contributed by atoms with Crippen LogP contribution in [0.5, 0.6) is 23.1 Å². The molecule has 0 spiro atoms. The number of ether oxygens (including phenoxy) is 2. The van der Waals surface area contributed by atoms with Gasteiger partial charge in [0.05, 0.1) is 0 Å². The number of hydrogen-bond acceptors (Lipinski definition) is 5. The number of anilines is 1. The van der Waals surface area contributed by atoms with Gasteiger partial charge in [-0.05, 0) is 37.0 Å². The van der Waals surface area contributed by atoms with Crippen LogP contribution in [0.1, 0.15) is 0 Å². The first-order valence-corrected chi connectivity index (χ1v) is 10.7. The molecule has 7 heteroatoms. The fraction of sp³-hybridized carbons (Fsp3) is 0.0370. The zero-order valence-electron chi connectivity index (χ0n) is 18.3. The fourth-order valence-corrected chi connectivity index (χ4v) is 4.15. The number of para-hydroxylation sites is 1. The van der Waals surface area contributed by atoms with E-state index in [4.69, 9.17) is 9.47 Å². The predicted molar refractivity (Wildman–Crippen MR) is 130 cm³/mol. The summed E-state index contributed by atoms with van der Waals surface area (Å²) < 4.78 is 12.2. The molecule has 0 fully saturated rings. The summed E-state index contributed by atoms with van der Waals surface area (Å²) in [6, 6.07) is 30.7. The van der Waals surface area contributed by atoms with Crippen molar-refractivity contribution in [2.45, 2.75) is 0 Å². The molecule has 0 N–H and O–H groups in total. The summed E-state index contributed by atoms with van der Waals surface area (Å²) in [7, 11) is 2.00. The molecule has 0 saturated carbocycles. The maximum absolute atomic E-state index is 6.25. The molecule has 0 aliphatic carbocycles. The number of nitrogens with zero attached hydrogens (tertiary/aromatic N) is 3. The molecule has 1 aromatic heterocycles. The van der Waals surface area contributed by atoms with Crippen LogP contribution in [0.25, 0.3) is 0 Å². The van der Waals surface area contributed by atoms with E-state index in [2.05, 4.69) is 29.2 Å². The Labute approximate surface area is 214 Å². The zero-order chi connectivity index (χ0) is 22.2. The van der Waals surface area contributed by atoms with E-state index in [-0.39, 0.29) is 27.8 Å². The van der Waals surface area contributed by atoms with Gasteiger partial charge in [0, 0.05) is 44.8 Å². The van der Waals surface area contributed by atoms with Gasteiger partial charge in [0.2, 0.25) is 5.88 Å². The molecule has 0 radical (unpaired) electrons. The van der Waals surface area contributed by atoms with Crippen LogP contribution in [0.2, 0.25) is 0 Å². The van der Waals surface area contributed by atoms with E-state index in [1.807, 2.05) is 96.6 Å². The SMILES string of the molecule is CN1C=CN(c2[c-]c3c(cc2)Oc2ccccc2B3c2[c-]c(Oc3ccccn3)ccc2)[CH-]1.[Pt]. The van der Waals surface area contributed by atoms with Crippen molar-refractivity contribution >= 4 is 28.8 Å². The Morgan fingerprint density at radius 3 is 2.62 bits per heavy atom. The first-order valence-electron chi connectivity index (χ1n) is 10.7. The Bertz CT molecular complexity index is 1350. The normalized spacial score (nSPS) is 13.6. The second kappa shape index (κ2) is 9.40. The number of fused-ring (bicyclic) bond motifs is 2. The maximum atomic E-state index is 6.25. The molecule has 170 valence electrons. The second-order valence-corrected chi connectivity index (χ2v) is 7.92. The van der Waals surface area contributed by atoms with E-state index in [9.17, 15) is 0 Å². The van der Waals surface area contributed by atoms with Gasteiger partial charge in [0.1, 0.15) is 5.75 Å². The monoisotopic (exact) mass is 623 g/mol. The van der Waals surface area contributed by atoms with Crippen molar-refractivity contribution in [1.29, 1.82) is 0 Å². The molecule has 5 nitrogen and oxygen atoms in total. The second-order valence-electron chi connectivity index (χ2n) is 7.92. The molecular weight excluding hydrogens is 604 g/mol. The quantitative estimate of drug-likeness (QED) is 0.227. The minimum absolute atomic E-state index is 0. The number of benzene rings is 3. The molecule has 3 heterocycles. The van der Waals surface area contributed by atoms with Gasteiger partial charge in [-0.1, -0.05) is 24.3 Å². The van der Waals surface area contributed by atoms with Crippen LogP contribution in [0, 0.1) is 18.8 Å². The number of aromatic nitrogens is 1. The van der Waals surface area contributed by atoms with Crippen molar-refractivity contribution in [3.8, 4) is 23.1 Å². The molecular formula is C27H19BN3O2Pt-3. The van der Waals surface area contributed by atoms with Gasteiger partial charge in [-0.15, -0.1) is 35.4 Å². The summed E-state index contributed by atoms with van der Waals surface area (Å²) in [6.07, 6.45) is 5.73. The zero-order valence-corrected chi connectivity index (χ0v) is 20.6. The van der Waals surface area contributed by atoms with Crippen molar-refractivity contribution < 1.29 is 30.5 Å². The molecule has 0 saturated heterocycles. The van der Waals surface area contributed by atoms with Gasteiger partial charge in [0.25, 0.3) is 0 Å². The minimum Gasteiger partial charge on any atom is -0.518 e. The molecule has 4 aromatic rings.